The highest BCUT2D eigenvalue weighted by Crippen LogP contribution is 2.29. The molecular formula is C18H13Cl3N4O2S. The lowest BCUT2D eigenvalue weighted by Crippen LogP contribution is -2.13. The van der Waals surface area contributed by atoms with Gasteiger partial charge in [0, 0.05) is 29.6 Å². The number of halogens is 3. The predicted octanol–water partition coefficient (Wildman–Crippen LogP) is 5.89. The molecule has 0 N–H and O–H groups in total. The molecule has 28 heavy (non-hydrogen) atoms. The summed E-state index contributed by atoms with van der Waals surface area (Å²) in [6, 6.07) is 9.86. The average molecular weight is 456 g/mol. The lowest BCUT2D eigenvalue weighted by Gasteiger charge is -2.07. The number of aromatic nitrogens is 1. The summed E-state index contributed by atoms with van der Waals surface area (Å²) in [6.45, 7) is 1.76. The summed E-state index contributed by atoms with van der Waals surface area (Å²) < 4.78 is 1.67. The maximum Gasteiger partial charge on any atom is 0.288 e. The van der Waals surface area contributed by atoms with Gasteiger partial charge >= 0.3 is 0 Å². The summed E-state index contributed by atoms with van der Waals surface area (Å²) in [4.78, 5) is 15.5. The number of thiazole rings is 1. The second kappa shape index (κ2) is 8.45. The summed E-state index contributed by atoms with van der Waals surface area (Å²) in [5.74, 6) is 0. The van der Waals surface area contributed by atoms with Gasteiger partial charge in [-0.3, -0.25) is 15.1 Å². The van der Waals surface area contributed by atoms with Gasteiger partial charge in [0.25, 0.3) is 5.69 Å². The maximum atomic E-state index is 11.2. The van der Waals surface area contributed by atoms with Crippen molar-refractivity contribution in [3.05, 3.63) is 77.3 Å². The molecule has 0 atom stereocenters. The van der Waals surface area contributed by atoms with Gasteiger partial charge < -0.3 is 0 Å². The van der Waals surface area contributed by atoms with Crippen molar-refractivity contribution in [2.75, 3.05) is 7.05 Å². The van der Waals surface area contributed by atoms with Gasteiger partial charge in [0.05, 0.1) is 26.4 Å². The van der Waals surface area contributed by atoms with Gasteiger partial charge in [0.15, 0.2) is 0 Å². The van der Waals surface area contributed by atoms with Gasteiger partial charge in [-0.15, -0.1) is 11.3 Å². The molecule has 0 saturated carbocycles. The molecule has 144 valence electrons. The number of hydrogen-bond donors (Lipinski definition) is 0. The van der Waals surface area contributed by atoms with E-state index >= 15 is 0 Å². The van der Waals surface area contributed by atoms with Crippen LogP contribution in [0.15, 0.2) is 51.9 Å². The van der Waals surface area contributed by atoms with E-state index < -0.39 is 4.92 Å². The van der Waals surface area contributed by atoms with E-state index in [2.05, 4.69) is 10.1 Å². The first-order valence-corrected chi connectivity index (χ1v) is 9.92. The third-order valence-electron chi connectivity index (χ3n) is 3.90. The Kier molecular flexibility index (Phi) is 6.20. The topological polar surface area (TPSA) is 72.8 Å². The van der Waals surface area contributed by atoms with E-state index in [-0.39, 0.29) is 10.7 Å². The molecule has 0 aliphatic heterocycles. The van der Waals surface area contributed by atoms with Crippen LogP contribution in [0.1, 0.15) is 12.5 Å². The van der Waals surface area contributed by atoms with Gasteiger partial charge in [0.2, 0.25) is 4.80 Å². The fourth-order valence-corrected chi connectivity index (χ4v) is 3.77. The van der Waals surface area contributed by atoms with E-state index in [1.54, 1.807) is 36.8 Å². The molecule has 1 heterocycles. The van der Waals surface area contributed by atoms with E-state index in [0.29, 0.717) is 26.1 Å². The fraction of sp³-hybridized carbons (Fsp3) is 0.111. The van der Waals surface area contributed by atoms with Crippen LogP contribution in [0.2, 0.25) is 15.1 Å². The summed E-state index contributed by atoms with van der Waals surface area (Å²) in [5.41, 5.74) is 2.56. The van der Waals surface area contributed by atoms with Gasteiger partial charge in [-0.1, -0.05) is 46.9 Å². The van der Waals surface area contributed by atoms with Crippen LogP contribution >= 0.6 is 46.1 Å². The Hall–Kier alpha value is -2.19. The van der Waals surface area contributed by atoms with Crippen molar-refractivity contribution in [3.63, 3.8) is 0 Å². The summed E-state index contributed by atoms with van der Waals surface area (Å²) in [7, 11) is 1.67. The van der Waals surface area contributed by atoms with Crippen molar-refractivity contribution >= 4 is 57.5 Å². The summed E-state index contributed by atoms with van der Waals surface area (Å²) >= 11 is 19.5. The Morgan fingerprint density at radius 3 is 2.46 bits per heavy atom. The van der Waals surface area contributed by atoms with Crippen molar-refractivity contribution in [2.45, 2.75) is 6.92 Å². The first-order chi connectivity index (χ1) is 13.3. The van der Waals surface area contributed by atoms with Gasteiger partial charge in [-0.25, -0.2) is 4.68 Å². The molecule has 0 fully saturated rings. The molecule has 1 aromatic heterocycles. The molecule has 0 amide bonds. The molecule has 0 unspecified atom stereocenters. The number of benzene rings is 2. The highest BCUT2D eigenvalue weighted by atomic mass is 35.5. The highest BCUT2D eigenvalue weighted by molar-refractivity contribution is 7.07. The number of hydrogen-bond acceptors (Lipinski definition) is 5. The molecule has 0 saturated heterocycles. The van der Waals surface area contributed by atoms with E-state index in [1.807, 2.05) is 11.4 Å². The van der Waals surface area contributed by atoms with Crippen LogP contribution in [0.5, 0.6) is 0 Å². The average Bonchev–Trinajstić information content (AvgIpc) is 3.06. The molecule has 3 rings (SSSR count). The van der Waals surface area contributed by atoms with Crippen molar-refractivity contribution < 1.29 is 4.92 Å². The first-order valence-electron chi connectivity index (χ1n) is 7.90. The van der Waals surface area contributed by atoms with Gasteiger partial charge in [0.1, 0.15) is 5.02 Å². The van der Waals surface area contributed by atoms with E-state index in [4.69, 9.17) is 34.8 Å². The van der Waals surface area contributed by atoms with Crippen molar-refractivity contribution in [1.82, 2.24) is 4.68 Å². The Balaban J connectivity index is 2.14. The fourth-order valence-electron chi connectivity index (χ4n) is 2.49. The second-order valence-corrected chi connectivity index (χ2v) is 7.73. The molecule has 0 spiro atoms. The van der Waals surface area contributed by atoms with Crippen LogP contribution in [0.25, 0.3) is 11.3 Å². The first kappa shape index (κ1) is 20.5. The molecule has 6 nitrogen and oxygen atoms in total. The zero-order valence-electron chi connectivity index (χ0n) is 14.7. The lowest BCUT2D eigenvalue weighted by atomic mass is 10.1. The van der Waals surface area contributed by atoms with E-state index in [1.165, 1.54) is 23.5 Å². The van der Waals surface area contributed by atoms with Crippen molar-refractivity contribution in [3.8, 4) is 11.3 Å². The largest absolute Gasteiger partial charge is 0.288 e. The van der Waals surface area contributed by atoms with E-state index in [0.717, 1.165) is 11.3 Å². The number of nitro groups is 1. The Bertz CT molecular complexity index is 1170. The standard InChI is InChI=1S/C18H13Cl3N4O2S/c1-10(11-3-6-14(20)16(8-11)25(26)27)23-24-17(9-28-18(24)22-2)12-4-5-13(19)15(21)7-12/h3-9H,1-2H3. The third kappa shape index (κ3) is 4.12. The Morgan fingerprint density at radius 2 is 1.82 bits per heavy atom. The minimum atomic E-state index is -0.523. The molecule has 2 aromatic carbocycles. The van der Waals surface area contributed by atoms with Crippen LogP contribution in [0.3, 0.4) is 0 Å². The quantitative estimate of drug-likeness (QED) is 0.279. The highest BCUT2D eigenvalue weighted by Gasteiger charge is 2.15. The SMILES string of the molecule is CN=c1scc(-c2ccc(Cl)c(Cl)c2)n1N=C(C)c1ccc(Cl)c([N+](=O)[O-])c1. The van der Waals surface area contributed by atoms with Gasteiger partial charge in [-0.05, 0) is 25.1 Å². The van der Waals surface area contributed by atoms with Crippen LogP contribution in [-0.4, -0.2) is 22.4 Å². The number of rotatable bonds is 4. The summed E-state index contributed by atoms with van der Waals surface area (Å²) in [6.07, 6.45) is 0. The molecule has 0 aliphatic rings. The van der Waals surface area contributed by atoms with Crippen LogP contribution in [0, 0.1) is 10.1 Å². The summed E-state index contributed by atoms with van der Waals surface area (Å²) in [5, 5.41) is 18.6. The van der Waals surface area contributed by atoms with Crippen LogP contribution < -0.4 is 4.80 Å². The molecule has 0 bridgehead atoms. The minimum Gasteiger partial charge on any atom is -0.261 e. The van der Waals surface area contributed by atoms with E-state index in [9.17, 15) is 10.1 Å². The minimum absolute atomic E-state index is 0.0745. The predicted molar refractivity (Wildman–Crippen MR) is 115 cm³/mol. The van der Waals surface area contributed by atoms with Gasteiger partial charge in [-0.2, -0.15) is 5.10 Å². The molecule has 0 aliphatic carbocycles. The maximum absolute atomic E-state index is 11.2. The lowest BCUT2D eigenvalue weighted by molar-refractivity contribution is -0.384. The van der Waals surface area contributed by atoms with Crippen molar-refractivity contribution in [2.24, 2.45) is 10.1 Å². The Labute approximate surface area is 179 Å². The number of nitro benzene ring substituents is 1. The zero-order valence-corrected chi connectivity index (χ0v) is 17.8. The van der Waals surface area contributed by atoms with Crippen LogP contribution in [0.4, 0.5) is 5.69 Å². The Morgan fingerprint density at radius 1 is 1.11 bits per heavy atom. The second-order valence-electron chi connectivity index (χ2n) is 5.68. The molecule has 0 radical (unpaired) electrons. The monoisotopic (exact) mass is 454 g/mol. The molecule has 3 aromatic rings. The third-order valence-corrected chi connectivity index (χ3v) is 5.87. The number of nitrogens with zero attached hydrogens (tertiary/aromatic N) is 4. The smallest absolute Gasteiger partial charge is 0.261 e. The normalized spacial score (nSPS) is 12.5. The molecular weight excluding hydrogens is 443 g/mol. The zero-order chi connectivity index (χ0) is 20.4. The molecule has 10 heteroatoms. The van der Waals surface area contributed by atoms with Crippen LogP contribution in [-0.2, 0) is 0 Å². The van der Waals surface area contributed by atoms with Crippen molar-refractivity contribution in [1.29, 1.82) is 0 Å².